The lowest BCUT2D eigenvalue weighted by Crippen LogP contribution is -2.04. The van der Waals surface area contributed by atoms with Crippen LogP contribution in [-0.2, 0) is 6.54 Å². The minimum atomic E-state index is 0.529. The lowest BCUT2D eigenvalue weighted by molar-refractivity contribution is 0.674. The zero-order chi connectivity index (χ0) is 13.9. The van der Waals surface area contributed by atoms with E-state index in [9.17, 15) is 0 Å². The van der Waals surface area contributed by atoms with E-state index in [4.69, 9.17) is 16.6 Å². The molecule has 1 aliphatic rings. The monoisotopic (exact) mass is 290 g/mol. The average Bonchev–Trinajstić information content (AvgIpc) is 3.09. The summed E-state index contributed by atoms with van der Waals surface area (Å²) in [7, 11) is 0. The van der Waals surface area contributed by atoms with E-state index in [0.29, 0.717) is 16.9 Å². The number of hydrogen-bond acceptors (Lipinski definition) is 3. The second-order valence-electron chi connectivity index (χ2n) is 5.39. The van der Waals surface area contributed by atoms with Crippen molar-refractivity contribution >= 4 is 11.6 Å². The number of imidazole rings is 1. The fourth-order valence-electron chi connectivity index (χ4n) is 2.91. The molecule has 1 aliphatic carbocycles. The first kappa shape index (κ1) is 13.6. The molecule has 0 atom stereocenters. The van der Waals surface area contributed by atoms with Gasteiger partial charge in [0.2, 0.25) is 0 Å². The Bertz CT molecular complexity index is 587. The summed E-state index contributed by atoms with van der Waals surface area (Å²) >= 11 is 6.19. The van der Waals surface area contributed by atoms with Gasteiger partial charge in [0.25, 0.3) is 0 Å². The van der Waals surface area contributed by atoms with Crippen molar-refractivity contribution < 1.29 is 0 Å². The van der Waals surface area contributed by atoms with E-state index in [2.05, 4.69) is 21.5 Å². The Labute approximate surface area is 124 Å². The van der Waals surface area contributed by atoms with Crippen LogP contribution in [0.3, 0.4) is 0 Å². The maximum absolute atomic E-state index is 6.19. The Balaban J connectivity index is 1.98. The van der Waals surface area contributed by atoms with Crippen LogP contribution in [0.5, 0.6) is 0 Å². The summed E-state index contributed by atoms with van der Waals surface area (Å²) in [6, 6.07) is 1.92. The summed E-state index contributed by atoms with van der Waals surface area (Å²) in [5, 5.41) is 0.529. The van der Waals surface area contributed by atoms with Gasteiger partial charge in [-0.15, -0.1) is 0 Å². The Kier molecular flexibility index (Phi) is 4.01. The van der Waals surface area contributed by atoms with Crippen LogP contribution in [0, 0.1) is 0 Å². The molecule has 2 aromatic rings. The summed E-state index contributed by atoms with van der Waals surface area (Å²) in [6.07, 6.45) is 9.70. The minimum Gasteiger partial charge on any atom is -0.328 e. The number of rotatable bonds is 4. The van der Waals surface area contributed by atoms with Crippen LogP contribution in [-0.4, -0.2) is 19.5 Å². The SMILES string of the molecule is CCCn1cncc1-c1nc(Cl)cc(C2CCCC2)n1. The van der Waals surface area contributed by atoms with Gasteiger partial charge in [0.15, 0.2) is 5.82 Å². The third-order valence-electron chi connectivity index (χ3n) is 3.89. The number of hydrogen-bond donors (Lipinski definition) is 0. The summed E-state index contributed by atoms with van der Waals surface area (Å²) < 4.78 is 2.09. The normalized spacial score (nSPS) is 15.9. The fourth-order valence-corrected chi connectivity index (χ4v) is 3.10. The molecule has 0 unspecified atom stereocenters. The van der Waals surface area contributed by atoms with E-state index in [1.54, 1.807) is 0 Å². The molecule has 0 amide bonds. The number of aryl methyl sites for hydroxylation is 1. The van der Waals surface area contributed by atoms with Gasteiger partial charge in [-0.3, -0.25) is 0 Å². The molecule has 1 saturated carbocycles. The van der Waals surface area contributed by atoms with Crippen LogP contribution in [0.4, 0.5) is 0 Å². The van der Waals surface area contributed by atoms with Gasteiger partial charge >= 0.3 is 0 Å². The molecule has 2 heterocycles. The minimum absolute atomic E-state index is 0.529. The molecule has 3 rings (SSSR count). The van der Waals surface area contributed by atoms with E-state index >= 15 is 0 Å². The van der Waals surface area contributed by atoms with E-state index in [0.717, 1.165) is 24.4 Å². The van der Waals surface area contributed by atoms with Crippen molar-refractivity contribution in [2.45, 2.75) is 51.5 Å². The first-order valence-corrected chi connectivity index (χ1v) is 7.70. The van der Waals surface area contributed by atoms with Crippen molar-refractivity contribution in [1.82, 2.24) is 19.5 Å². The molecule has 20 heavy (non-hydrogen) atoms. The topological polar surface area (TPSA) is 43.6 Å². The molecule has 0 bridgehead atoms. The van der Waals surface area contributed by atoms with E-state index in [1.807, 2.05) is 18.6 Å². The maximum atomic E-state index is 6.19. The van der Waals surface area contributed by atoms with Crippen molar-refractivity contribution in [3.63, 3.8) is 0 Å². The van der Waals surface area contributed by atoms with Crippen LogP contribution >= 0.6 is 11.6 Å². The Morgan fingerprint density at radius 2 is 2.10 bits per heavy atom. The molecular weight excluding hydrogens is 272 g/mol. The summed E-state index contributed by atoms with van der Waals surface area (Å²) in [4.78, 5) is 13.3. The van der Waals surface area contributed by atoms with Crippen molar-refractivity contribution in [3.05, 3.63) is 29.4 Å². The van der Waals surface area contributed by atoms with Gasteiger partial charge in [0, 0.05) is 18.2 Å². The number of nitrogens with zero attached hydrogens (tertiary/aromatic N) is 4. The fraction of sp³-hybridized carbons (Fsp3) is 0.533. The maximum Gasteiger partial charge on any atom is 0.179 e. The molecule has 1 fully saturated rings. The Hall–Kier alpha value is -1.42. The van der Waals surface area contributed by atoms with Gasteiger partial charge in [0.1, 0.15) is 10.8 Å². The van der Waals surface area contributed by atoms with E-state index in [1.165, 1.54) is 25.7 Å². The summed E-state index contributed by atoms with van der Waals surface area (Å²) in [5.41, 5.74) is 2.04. The van der Waals surface area contributed by atoms with E-state index < -0.39 is 0 Å². The van der Waals surface area contributed by atoms with Gasteiger partial charge in [-0.2, -0.15) is 0 Å². The second-order valence-corrected chi connectivity index (χ2v) is 5.78. The van der Waals surface area contributed by atoms with Crippen molar-refractivity contribution in [3.8, 4) is 11.5 Å². The van der Waals surface area contributed by atoms with Crippen LogP contribution in [0.2, 0.25) is 5.15 Å². The quantitative estimate of drug-likeness (QED) is 0.798. The molecular formula is C15H19ClN4. The predicted molar refractivity (Wildman–Crippen MR) is 79.8 cm³/mol. The van der Waals surface area contributed by atoms with Crippen molar-refractivity contribution in [2.75, 3.05) is 0 Å². The summed E-state index contributed by atoms with van der Waals surface area (Å²) in [6.45, 7) is 3.07. The highest BCUT2D eigenvalue weighted by atomic mass is 35.5. The van der Waals surface area contributed by atoms with E-state index in [-0.39, 0.29) is 0 Å². The molecule has 0 aromatic carbocycles. The lowest BCUT2D eigenvalue weighted by atomic mass is 10.0. The molecule has 4 nitrogen and oxygen atoms in total. The van der Waals surface area contributed by atoms with Crippen molar-refractivity contribution in [1.29, 1.82) is 0 Å². The van der Waals surface area contributed by atoms with Crippen LogP contribution in [0.15, 0.2) is 18.6 Å². The van der Waals surface area contributed by atoms with Gasteiger partial charge in [-0.05, 0) is 25.3 Å². The van der Waals surface area contributed by atoms with Gasteiger partial charge in [-0.25, -0.2) is 15.0 Å². The average molecular weight is 291 g/mol. The Morgan fingerprint density at radius 1 is 1.30 bits per heavy atom. The van der Waals surface area contributed by atoms with Crippen LogP contribution in [0.25, 0.3) is 11.5 Å². The third kappa shape index (κ3) is 2.70. The highest BCUT2D eigenvalue weighted by Crippen LogP contribution is 2.34. The molecule has 5 heteroatoms. The van der Waals surface area contributed by atoms with Gasteiger partial charge in [-0.1, -0.05) is 31.4 Å². The molecule has 0 aliphatic heterocycles. The predicted octanol–water partition coefficient (Wildman–Crippen LogP) is 4.06. The molecule has 2 aromatic heterocycles. The summed E-state index contributed by atoms with van der Waals surface area (Å²) in [5.74, 6) is 1.24. The standard InChI is InChI=1S/C15H19ClN4/c1-2-7-20-10-17-9-13(20)15-18-12(8-14(16)19-15)11-5-3-4-6-11/h8-11H,2-7H2,1H3. The largest absolute Gasteiger partial charge is 0.328 e. The lowest BCUT2D eigenvalue weighted by Gasteiger charge is -2.11. The van der Waals surface area contributed by atoms with Gasteiger partial charge in [0.05, 0.1) is 12.5 Å². The zero-order valence-corrected chi connectivity index (χ0v) is 12.5. The molecule has 106 valence electrons. The van der Waals surface area contributed by atoms with Crippen LogP contribution < -0.4 is 0 Å². The van der Waals surface area contributed by atoms with Crippen molar-refractivity contribution in [2.24, 2.45) is 0 Å². The number of aromatic nitrogens is 4. The smallest absolute Gasteiger partial charge is 0.179 e. The highest BCUT2D eigenvalue weighted by Gasteiger charge is 2.20. The molecule has 0 spiro atoms. The van der Waals surface area contributed by atoms with Gasteiger partial charge < -0.3 is 4.57 Å². The molecule has 0 saturated heterocycles. The first-order valence-electron chi connectivity index (χ1n) is 7.33. The number of halogens is 1. The first-order chi connectivity index (χ1) is 9.78. The Morgan fingerprint density at radius 3 is 2.85 bits per heavy atom. The zero-order valence-electron chi connectivity index (χ0n) is 11.7. The molecule has 0 radical (unpaired) electrons. The second kappa shape index (κ2) is 5.92. The molecule has 0 N–H and O–H groups in total. The van der Waals surface area contributed by atoms with Crippen LogP contribution in [0.1, 0.15) is 50.6 Å². The third-order valence-corrected chi connectivity index (χ3v) is 4.09. The highest BCUT2D eigenvalue weighted by molar-refractivity contribution is 6.29.